The number of pyridine rings is 1. The van der Waals surface area contributed by atoms with Crippen molar-refractivity contribution in [2.24, 2.45) is 0 Å². The second kappa shape index (κ2) is 9.03. The van der Waals surface area contributed by atoms with E-state index in [0.29, 0.717) is 23.4 Å². The lowest BCUT2D eigenvalue weighted by Gasteiger charge is -2.36. The van der Waals surface area contributed by atoms with Crippen molar-refractivity contribution in [2.75, 3.05) is 68.8 Å². The van der Waals surface area contributed by atoms with Crippen molar-refractivity contribution in [1.29, 1.82) is 0 Å². The zero-order valence-corrected chi connectivity index (χ0v) is 17.7. The van der Waals surface area contributed by atoms with Gasteiger partial charge in [0, 0.05) is 70.4 Å². The molecular formula is C23H28N6O2. The molecule has 8 heteroatoms. The lowest BCUT2D eigenvalue weighted by molar-refractivity contribution is 0.0363. The SMILES string of the molecule is O=c1c2cnc(N3CCN(c4ccccc4)CC3)nc2ccn1CCN1CCOCC1. The highest BCUT2D eigenvalue weighted by atomic mass is 16.5. The van der Waals surface area contributed by atoms with Gasteiger partial charge in [-0.25, -0.2) is 9.97 Å². The Morgan fingerprint density at radius 1 is 0.871 bits per heavy atom. The zero-order valence-electron chi connectivity index (χ0n) is 17.7. The van der Waals surface area contributed by atoms with E-state index < -0.39 is 0 Å². The van der Waals surface area contributed by atoms with E-state index in [-0.39, 0.29) is 5.56 Å². The lowest BCUT2D eigenvalue weighted by Crippen LogP contribution is -2.47. The molecule has 0 aliphatic carbocycles. The minimum absolute atomic E-state index is 0.0220. The summed E-state index contributed by atoms with van der Waals surface area (Å²) in [5, 5.41) is 0.580. The van der Waals surface area contributed by atoms with Gasteiger partial charge in [-0.1, -0.05) is 18.2 Å². The van der Waals surface area contributed by atoms with E-state index in [1.54, 1.807) is 10.8 Å². The number of anilines is 2. The number of rotatable bonds is 5. The summed E-state index contributed by atoms with van der Waals surface area (Å²) >= 11 is 0. The molecule has 2 aliphatic rings. The van der Waals surface area contributed by atoms with Crippen LogP contribution >= 0.6 is 0 Å². The Balaban J connectivity index is 1.26. The Bertz CT molecular complexity index is 1070. The number of morpholine rings is 1. The molecule has 3 aromatic rings. The molecule has 0 atom stereocenters. The average Bonchev–Trinajstić information content (AvgIpc) is 2.85. The van der Waals surface area contributed by atoms with Gasteiger partial charge < -0.3 is 19.1 Å². The van der Waals surface area contributed by atoms with Gasteiger partial charge in [0.05, 0.1) is 24.1 Å². The molecule has 162 valence electrons. The van der Waals surface area contributed by atoms with Gasteiger partial charge in [0.15, 0.2) is 0 Å². The van der Waals surface area contributed by atoms with Crippen LogP contribution in [0.4, 0.5) is 11.6 Å². The average molecular weight is 421 g/mol. The fourth-order valence-corrected chi connectivity index (χ4v) is 4.27. The standard InChI is InChI=1S/C23H28N6O2/c30-22-20-18-24-23(29-12-10-27(11-13-29)19-4-2-1-3-5-19)25-21(20)6-7-28(22)9-8-26-14-16-31-17-15-26/h1-7,18H,8-17H2. The first kappa shape index (κ1) is 20.0. The van der Waals surface area contributed by atoms with E-state index in [0.717, 1.165) is 59.0 Å². The van der Waals surface area contributed by atoms with Gasteiger partial charge in [-0.2, -0.15) is 0 Å². The molecule has 5 rings (SSSR count). The molecule has 2 aromatic heterocycles. The largest absolute Gasteiger partial charge is 0.379 e. The van der Waals surface area contributed by atoms with E-state index in [9.17, 15) is 4.79 Å². The second-order valence-electron chi connectivity index (χ2n) is 8.05. The minimum Gasteiger partial charge on any atom is -0.379 e. The number of ether oxygens (including phenoxy) is 1. The Kier molecular flexibility index (Phi) is 5.82. The molecular weight excluding hydrogens is 392 g/mol. The lowest BCUT2D eigenvalue weighted by atomic mass is 10.2. The monoisotopic (exact) mass is 420 g/mol. The van der Waals surface area contributed by atoms with Crippen LogP contribution in [0.15, 0.2) is 53.6 Å². The summed E-state index contributed by atoms with van der Waals surface area (Å²) in [5.41, 5.74) is 1.94. The first-order chi connectivity index (χ1) is 15.3. The van der Waals surface area contributed by atoms with Crippen molar-refractivity contribution in [3.05, 3.63) is 59.1 Å². The third kappa shape index (κ3) is 4.40. The molecule has 4 heterocycles. The summed E-state index contributed by atoms with van der Waals surface area (Å²) in [6.45, 7) is 8.46. The molecule has 2 saturated heterocycles. The molecule has 0 N–H and O–H groups in total. The van der Waals surface area contributed by atoms with Crippen LogP contribution in [-0.2, 0) is 11.3 Å². The topological polar surface area (TPSA) is 66.7 Å². The molecule has 0 saturated carbocycles. The molecule has 1 aromatic carbocycles. The van der Waals surface area contributed by atoms with Crippen LogP contribution in [0.3, 0.4) is 0 Å². The summed E-state index contributed by atoms with van der Waals surface area (Å²) in [6.07, 6.45) is 3.55. The smallest absolute Gasteiger partial charge is 0.261 e. The maximum Gasteiger partial charge on any atom is 0.261 e. The third-order valence-electron chi connectivity index (χ3n) is 6.15. The van der Waals surface area contributed by atoms with E-state index in [2.05, 4.69) is 43.9 Å². The molecule has 0 amide bonds. The van der Waals surface area contributed by atoms with Crippen molar-refractivity contribution in [1.82, 2.24) is 19.4 Å². The number of fused-ring (bicyclic) bond motifs is 1. The quantitative estimate of drug-likeness (QED) is 0.619. The van der Waals surface area contributed by atoms with Gasteiger partial charge in [-0.15, -0.1) is 0 Å². The Labute approximate surface area is 181 Å². The van der Waals surface area contributed by atoms with Crippen molar-refractivity contribution in [3.8, 4) is 0 Å². The van der Waals surface area contributed by atoms with Crippen LogP contribution in [0.25, 0.3) is 10.9 Å². The maximum atomic E-state index is 12.9. The number of para-hydroxylation sites is 1. The van der Waals surface area contributed by atoms with Crippen LogP contribution in [0.2, 0.25) is 0 Å². The fraction of sp³-hybridized carbons (Fsp3) is 0.435. The minimum atomic E-state index is -0.0220. The van der Waals surface area contributed by atoms with E-state index in [1.165, 1.54) is 5.69 Å². The van der Waals surface area contributed by atoms with Gasteiger partial charge >= 0.3 is 0 Å². The third-order valence-corrected chi connectivity index (χ3v) is 6.15. The normalized spacial score (nSPS) is 17.9. The molecule has 2 aliphatic heterocycles. The highest BCUT2D eigenvalue weighted by molar-refractivity contribution is 5.77. The van der Waals surface area contributed by atoms with Crippen molar-refractivity contribution >= 4 is 22.5 Å². The highest BCUT2D eigenvalue weighted by Crippen LogP contribution is 2.19. The van der Waals surface area contributed by atoms with Crippen LogP contribution in [0, 0.1) is 0 Å². The predicted octanol–water partition coefficient (Wildman–Crippen LogP) is 1.45. The van der Waals surface area contributed by atoms with Crippen LogP contribution < -0.4 is 15.4 Å². The van der Waals surface area contributed by atoms with Gasteiger partial charge in [0.2, 0.25) is 5.95 Å². The van der Waals surface area contributed by atoms with E-state index in [4.69, 9.17) is 9.72 Å². The van der Waals surface area contributed by atoms with Gasteiger partial charge in [0.25, 0.3) is 5.56 Å². The fourth-order valence-electron chi connectivity index (χ4n) is 4.27. The number of piperazine rings is 1. The summed E-state index contributed by atoms with van der Waals surface area (Å²) in [7, 11) is 0. The summed E-state index contributed by atoms with van der Waals surface area (Å²) in [4.78, 5) is 29.1. The number of aromatic nitrogens is 3. The van der Waals surface area contributed by atoms with Crippen molar-refractivity contribution in [3.63, 3.8) is 0 Å². The summed E-state index contributed by atoms with van der Waals surface area (Å²) < 4.78 is 7.15. The van der Waals surface area contributed by atoms with Crippen LogP contribution in [0.1, 0.15) is 0 Å². The van der Waals surface area contributed by atoms with Gasteiger partial charge in [-0.3, -0.25) is 9.69 Å². The number of hydrogen-bond donors (Lipinski definition) is 0. The summed E-state index contributed by atoms with van der Waals surface area (Å²) in [5.74, 6) is 0.700. The maximum absolute atomic E-state index is 12.9. The summed E-state index contributed by atoms with van der Waals surface area (Å²) in [6, 6.07) is 12.4. The molecule has 31 heavy (non-hydrogen) atoms. The van der Waals surface area contributed by atoms with Crippen LogP contribution in [-0.4, -0.2) is 78.5 Å². The number of nitrogens with zero attached hydrogens (tertiary/aromatic N) is 6. The highest BCUT2D eigenvalue weighted by Gasteiger charge is 2.20. The Hall–Kier alpha value is -2.97. The van der Waals surface area contributed by atoms with Crippen LogP contribution in [0.5, 0.6) is 0 Å². The van der Waals surface area contributed by atoms with E-state index >= 15 is 0 Å². The van der Waals surface area contributed by atoms with Crippen molar-refractivity contribution < 1.29 is 4.74 Å². The Morgan fingerprint density at radius 3 is 2.39 bits per heavy atom. The van der Waals surface area contributed by atoms with Crippen molar-refractivity contribution in [2.45, 2.75) is 6.54 Å². The molecule has 0 unspecified atom stereocenters. The molecule has 0 spiro atoms. The number of benzene rings is 1. The van der Waals surface area contributed by atoms with E-state index in [1.807, 2.05) is 18.3 Å². The number of hydrogen-bond acceptors (Lipinski definition) is 7. The molecule has 0 bridgehead atoms. The first-order valence-corrected chi connectivity index (χ1v) is 11.0. The molecule has 2 fully saturated rings. The first-order valence-electron chi connectivity index (χ1n) is 11.0. The van der Waals surface area contributed by atoms with Gasteiger partial charge in [-0.05, 0) is 18.2 Å². The Morgan fingerprint density at radius 2 is 1.61 bits per heavy atom. The molecule has 8 nitrogen and oxygen atoms in total. The zero-order chi connectivity index (χ0) is 21.0. The second-order valence-corrected chi connectivity index (χ2v) is 8.05. The predicted molar refractivity (Wildman–Crippen MR) is 122 cm³/mol. The van der Waals surface area contributed by atoms with Gasteiger partial charge in [0.1, 0.15) is 0 Å². The molecule has 0 radical (unpaired) electrons.